The number of piperidine rings is 1. The first-order valence-corrected chi connectivity index (χ1v) is 6.74. The zero-order chi connectivity index (χ0) is 12.1. The highest BCUT2D eigenvalue weighted by atomic mass is 35.5. The fourth-order valence-electron chi connectivity index (χ4n) is 2.37. The minimum atomic E-state index is 0.410. The van der Waals surface area contributed by atoms with Crippen molar-refractivity contribution < 1.29 is 0 Å². The van der Waals surface area contributed by atoms with Gasteiger partial charge in [-0.1, -0.05) is 18.0 Å². The Hall–Kier alpha value is -0.800. The van der Waals surface area contributed by atoms with Crippen LogP contribution in [0.1, 0.15) is 32.6 Å². The summed E-state index contributed by atoms with van der Waals surface area (Å²) in [6, 6.07) is 4.92. The smallest absolute Gasteiger partial charge is 0.152 e. The van der Waals surface area contributed by atoms with E-state index in [9.17, 15) is 0 Å². The Morgan fingerprint density at radius 2 is 2.47 bits per heavy atom. The molecule has 2 rings (SSSR count). The van der Waals surface area contributed by atoms with Crippen molar-refractivity contribution in [3.8, 4) is 0 Å². The number of nitrogens with zero attached hydrogens (tertiary/aromatic N) is 1. The van der Waals surface area contributed by atoms with E-state index >= 15 is 0 Å². The van der Waals surface area contributed by atoms with Crippen LogP contribution in [0.25, 0.3) is 0 Å². The molecule has 1 saturated heterocycles. The second-order valence-corrected chi connectivity index (χ2v) is 5.13. The van der Waals surface area contributed by atoms with Gasteiger partial charge >= 0.3 is 0 Å². The van der Waals surface area contributed by atoms with Gasteiger partial charge in [0.05, 0.1) is 5.69 Å². The Bertz CT molecular complexity index is 350. The zero-order valence-corrected chi connectivity index (χ0v) is 11.0. The van der Waals surface area contributed by atoms with Crippen molar-refractivity contribution in [2.75, 3.05) is 11.9 Å². The van der Waals surface area contributed by atoms with Gasteiger partial charge in [-0.2, -0.15) is 0 Å². The monoisotopic (exact) mass is 253 g/mol. The van der Waals surface area contributed by atoms with Crippen molar-refractivity contribution in [3.63, 3.8) is 0 Å². The van der Waals surface area contributed by atoms with E-state index in [1.54, 1.807) is 6.20 Å². The Morgan fingerprint density at radius 3 is 3.18 bits per heavy atom. The second kappa shape index (κ2) is 6.22. The summed E-state index contributed by atoms with van der Waals surface area (Å²) < 4.78 is 0. The molecule has 1 fully saturated rings. The lowest BCUT2D eigenvalue weighted by Crippen LogP contribution is -2.37. The van der Waals surface area contributed by atoms with Crippen molar-refractivity contribution in [2.45, 2.75) is 44.7 Å². The van der Waals surface area contributed by atoms with Crippen LogP contribution < -0.4 is 10.6 Å². The van der Waals surface area contributed by atoms with E-state index in [0.717, 1.165) is 18.7 Å². The van der Waals surface area contributed by atoms with E-state index in [0.29, 0.717) is 17.2 Å². The largest absolute Gasteiger partial charge is 0.380 e. The minimum Gasteiger partial charge on any atom is -0.380 e. The van der Waals surface area contributed by atoms with Gasteiger partial charge in [0.15, 0.2) is 5.15 Å². The van der Waals surface area contributed by atoms with E-state index in [-0.39, 0.29) is 0 Å². The van der Waals surface area contributed by atoms with Gasteiger partial charge < -0.3 is 10.6 Å². The Labute approximate surface area is 108 Å². The lowest BCUT2D eigenvalue weighted by Gasteiger charge is -2.27. The lowest BCUT2D eigenvalue weighted by molar-refractivity contribution is 0.371. The molecule has 0 amide bonds. The fourth-order valence-corrected chi connectivity index (χ4v) is 2.54. The first-order chi connectivity index (χ1) is 8.25. The molecule has 2 heterocycles. The van der Waals surface area contributed by atoms with Crippen molar-refractivity contribution in [3.05, 3.63) is 23.5 Å². The van der Waals surface area contributed by atoms with E-state index in [1.165, 1.54) is 19.3 Å². The molecule has 0 aromatic carbocycles. The SMILES string of the molecule is CC(CC1CCCCN1)Nc1cccnc1Cl. The van der Waals surface area contributed by atoms with Gasteiger partial charge in [0.2, 0.25) is 0 Å². The van der Waals surface area contributed by atoms with Gasteiger partial charge in [-0.3, -0.25) is 0 Å². The summed E-state index contributed by atoms with van der Waals surface area (Å²) in [7, 11) is 0. The summed E-state index contributed by atoms with van der Waals surface area (Å²) >= 11 is 6.02. The molecular formula is C13H20ClN3. The highest BCUT2D eigenvalue weighted by Crippen LogP contribution is 2.20. The van der Waals surface area contributed by atoms with E-state index in [2.05, 4.69) is 22.5 Å². The third kappa shape index (κ3) is 3.86. The number of aromatic nitrogens is 1. The van der Waals surface area contributed by atoms with Crippen LogP contribution >= 0.6 is 11.6 Å². The molecule has 2 unspecified atom stereocenters. The van der Waals surface area contributed by atoms with Gasteiger partial charge in [-0.05, 0) is 44.9 Å². The van der Waals surface area contributed by atoms with Crippen LogP contribution in [-0.4, -0.2) is 23.6 Å². The summed E-state index contributed by atoms with van der Waals surface area (Å²) in [6.45, 7) is 3.35. The number of pyridine rings is 1. The maximum Gasteiger partial charge on any atom is 0.152 e. The van der Waals surface area contributed by atoms with Crippen LogP contribution in [0.2, 0.25) is 5.15 Å². The maximum atomic E-state index is 6.02. The first-order valence-electron chi connectivity index (χ1n) is 6.36. The number of rotatable bonds is 4. The second-order valence-electron chi connectivity index (χ2n) is 4.77. The molecule has 1 aliphatic heterocycles. The molecule has 17 heavy (non-hydrogen) atoms. The zero-order valence-electron chi connectivity index (χ0n) is 10.2. The van der Waals surface area contributed by atoms with E-state index in [1.807, 2.05) is 12.1 Å². The molecule has 94 valence electrons. The average Bonchev–Trinajstić information content (AvgIpc) is 2.33. The van der Waals surface area contributed by atoms with Crippen LogP contribution in [0.15, 0.2) is 18.3 Å². The third-order valence-electron chi connectivity index (χ3n) is 3.21. The van der Waals surface area contributed by atoms with E-state index in [4.69, 9.17) is 11.6 Å². The summed E-state index contributed by atoms with van der Waals surface area (Å²) in [5.74, 6) is 0. The van der Waals surface area contributed by atoms with Crippen LogP contribution in [0.3, 0.4) is 0 Å². The molecule has 0 aliphatic carbocycles. The molecule has 0 bridgehead atoms. The van der Waals surface area contributed by atoms with E-state index < -0.39 is 0 Å². The highest BCUT2D eigenvalue weighted by Gasteiger charge is 2.16. The van der Waals surface area contributed by atoms with Crippen molar-refractivity contribution >= 4 is 17.3 Å². The molecule has 0 saturated carbocycles. The topological polar surface area (TPSA) is 37.0 Å². The molecule has 1 aromatic rings. The van der Waals surface area contributed by atoms with Gasteiger partial charge in [-0.25, -0.2) is 4.98 Å². The van der Waals surface area contributed by atoms with Crippen LogP contribution in [0.5, 0.6) is 0 Å². The molecule has 1 aromatic heterocycles. The molecule has 0 spiro atoms. The van der Waals surface area contributed by atoms with Crippen LogP contribution in [0, 0.1) is 0 Å². The summed E-state index contributed by atoms with van der Waals surface area (Å²) in [5, 5.41) is 7.54. The van der Waals surface area contributed by atoms with Crippen molar-refractivity contribution in [1.82, 2.24) is 10.3 Å². The van der Waals surface area contributed by atoms with Gasteiger partial charge in [0.25, 0.3) is 0 Å². The molecule has 2 N–H and O–H groups in total. The summed E-state index contributed by atoms with van der Waals surface area (Å²) in [6.07, 6.45) is 6.78. The van der Waals surface area contributed by atoms with Crippen LogP contribution in [-0.2, 0) is 0 Å². The Kier molecular flexibility index (Phi) is 4.63. The molecular weight excluding hydrogens is 234 g/mol. The Balaban J connectivity index is 1.84. The average molecular weight is 254 g/mol. The number of halogens is 1. The first kappa shape index (κ1) is 12.7. The molecule has 4 heteroatoms. The highest BCUT2D eigenvalue weighted by molar-refractivity contribution is 6.31. The fraction of sp³-hybridized carbons (Fsp3) is 0.615. The lowest BCUT2D eigenvalue weighted by atomic mass is 9.99. The van der Waals surface area contributed by atoms with Gasteiger partial charge in [-0.15, -0.1) is 0 Å². The minimum absolute atomic E-state index is 0.410. The third-order valence-corrected chi connectivity index (χ3v) is 3.51. The molecule has 2 atom stereocenters. The number of hydrogen-bond donors (Lipinski definition) is 2. The van der Waals surface area contributed by atoms with Gasteiger partial charge in [0, 0.05) is 18.3 Å². The normalized spacial score (nSPS) is 22.1. The number of nitrogens with one attached hydrogen (secondary N) is 2. The Morgan fingerprint density at radius 1 is 1.59 bits per heavy atom. The number of hydrogen-bond acceptors (Lipinski definition) is 3. The number of anilines is 1. The molecule has 3 nitrogen and oxygen atoms in total. The predicted octanol–water partition coefficient (Wildman–Crippen LogP) is 3.07. The van der Waals surface area contributed by atoms with Crippen molar-refractivity contribution in [1.29, 1.82) is 0 Å². The maximum absolute atomic E-state index is 6.02. The quantitative estimate of drug-likeness (QED) is 0.810. The van der Waals surface area contributed by atoms with Crippen molar-refractivity contribution in [2.24, 2.45) is 0 Å². The van der Waals surface area contributed by atoms with Crippen LogP contribution in [0.4, 0.5) is 5.69 Å². The standard InChI is InChI=1S/C13H20ClN3/c1-10(9-11-5-2-3-7-15-11)17-12-6-4-8-16-13(12)14/h4,6,8,10-11,15,17H,2-3,5,7,9H2,1H3. The summed E-state index contributed by atoms with van der Waals surface area (Å²) in [4.78, 5) is 4.07. The molecule has 1 aliphatic rings. The molecule has 0 radical (unpaired) electrons. The predicted molar refractivity (Wildman–Crippen MR) is 72.6 cm³/mol. The summed E-state index contributed by atoms with van der Waals surface area (Å²) in [5.41, 5.74) is 0.928. The van der Waals surface area contributed by atoms with Gasteiger partial charge in [0.1, 0.15) is 0 Å².